The van der Waals surface area contributed by atoms with Crippen LogP contribution in [0.4, 0.5) is 17.1 Å². The summed E-state index contributed by atoms with van der Waals surface area (Å²) in [4.78, 5) is 2.49. The lowest BCUT2D eigenvalue weighted by molar-refractivity contribution is 0.660. The van der Waals surface area contributed by atoms with Crippen LogP contribution in [0.3, 0.4) is 0 Å². The van der Waals surface area contributed by atoms with Crippen LogP contribution in [0.25, 0.3) is 55.3 Å². The predicted molar refractivity (Wildman–Crippen MR) is 227 cm³/mol. The van der Waals surface area contributed by atoms with E-state index in [2.05, 4.69) is 215 Å². The molecule has 0 radical (unpaired) electrons. The lowest BCUT2D eigenvalue weighted by Gasteiger charge is -2.31. The van der Waals surface area contributed by atoms with Crippen molar-refractivity contribution in [1.82, 2.24) is 0 Å². The maximum Gasteiger partial charge on any atom is 0.0546 e. The van der Waals surface area contributed by atoms with Gasteiger partial charge in [-0.3, -0.25) is 0 Å². The highest BCUT2D eigenvalue weighted by molar-refractivity contribution is 6.06. The van der Waals surface area contributed by atoms with Crippen molar-refractivity contribution in [3.8, 4) is 44.5 Å². The van der Waals surface area contributed by atoms with E-state index >= 15 is 0 Å². The van der Waals surface area contributed by atoms with Crippen molar-refractivity contribution in [2.75, 3.05) is 4.90 Å². The molecule has 0 saturated carbocycles. The van der Waals surface area contributed by atoms with Gasteiger partial charge in [-0.05, 0) is 103 Å². The summed E-state index contributed by atoms with van der Waals surface area (Å²) < 4.78 is 0. The largest absolute Gasteiger partial charge is 0.310 e. The molecule has 1 nitrogen and oxygen atoms in total. The summed E-state index contributed by atoms with van der Waals surface area (Å²) in [6.45, 7) is 9.33. The molecule has 256 valence electrons. The van der Waals surface area contributed by atoms with Gasteiger partial charge in [0.05, 0.1) is 5.69 Å². The third-order valence-corrected chi connectivity index (χ3v) is 11.3. The second-order valence-corrected chi connectivity index (χ2v) is 15.1. The van der Waals surface area contributed by atoms with Crippen molar-refractivity contribution < 1.29 is 0 Å². The van der Waals surface area contributed by atoms with Crippen LogP contribution in [0.1, 0.15) is 50.3 Å². The number of benzene rings is 8. The van der Waals surface area contributed by atoms with E-state index in [9.17, 15) is 0 Å². The molecule has 0 saturated heterocycles. The predicted octanol–water partition coefficient (Wildman–Crippen LogP) is 14.7. The SMILES string of the molecule is CC(C)c1ccccc1-c1c(N(c2ccc(-c3ccc(-c4ccccc4)cc3)cc2)c2ccc3c(c2)C(C)(C)c2ccccc2-3)ccc2ccccc12. The molecule has 0 heterocycles. The quantitative estimate of drug-likeness (QED) is 0.162. The Bertz CT molecular complexity index is 2590. The van der Waals surface area contributed by atoms with Crippen LogP contribution in [0.15, 0.2) is 182 Å². The maximum atomic E-state index is 2.49. The van der Waals surface area contributed by atoms with Crippen molar-refractivity contribution in [3.05, 3.63) is 199 Å². The highest BCUT2D eigenvalue weighted by Gasteiger charge is 2.36. The zero-order valence-corrected chi connectivity index (χ0v) is 30.8. The molecular formula is C52H43N. The van der Waals surface area contributed by atoms with Crippen molar-refractivity contribution in [1.29, 1.82) is 0 Å². The molecule has 0 N–H and O–H groups in total. The first-order valence-electron chi connectivity index (χ1n) is 18.8. The van der Waals surface area contributed by atoms with Crippen molar-refractivity contribution in [2.45, 2.75) is 39.0 Å². The Balaban J connectivity index is 1.23. The number of hydrogen-bond acceptors (Lipinski definition) is 1. The second kappa shape index (κ2) is 13.1. The topological polar surface area (TPSA) is 3.24 Å². The molecule has 53 heavy (non-hydrogen) atoms. The first kappa shape index (κ1) is 32.7. The van der Waals surface area contributed by atoms with Gasteiger partial charge in [0.1, 0.15) is 0 Å². The van der Waals surface area contributed by atoms with Gasteiger partial charge >= 0.3 is 0 Å². The van der Waals surface area contributed by atoms with E-state index in [1.165, 1.54) is 77.7 Å². The molecule has 8 aromatic carbocycles. The molecule has 1 aliphatic carbocycles. The van der Waals surface area contributed by atoms with E-state index in [-0.39, 0.29) is 5.41 Å². The number of fused-ring (bicyclic) bond motifs is 4. The van der Waals surface area contributed by atoms with Gasteiger partial charge in [-0.2, -0.15) is 0 Å². The average Bonchev–Trinajstić information content (AvgIpc) is 3.44. The highest BCUT2D eigenvalue weighted by atomic mass is 15.1. The Hall–Kier alpha value is -6.18. The van der Waals surface area contributed by atoms with Crippen LogP contribution in [-0.2, 0) is 5.41 Å². The fourth-order valence-electron chi connectivity index (χ4n) is 8.50. The molecule has 9 rings (SSSR count). The monoisotopic (exact) mass is 681 g/mol. The molecule has 0 atom stereocenters. The Morgan fingerprint density at radius 2 is 0.981 bits per heavy atom. The first-order valence-corrected chi connectivity index (χ1v) is 18.8. The Kier molecular flexibility index (Phi) is 8.09. The Labute approximate surface area is 313 Å². The molecule has 0 amide bonds. The van der Waals surface area contributed by atoms with Crippen LogP contribution in [0.5, 0.6) is 0 Å². The Morgan fingerprint density at radius 1 is 0.434 bits per heavy atom. The lowest BCUT2D eigenvalue weighted by Crippen LogP contribution is -2.17. The zero-order chi connectivity index (χ0) is 36.1. The summed E-state index contributed by atoms with van der Waals surface area (Å²) in [6.07, 6.45) is 0. The Morgan fingerprint density at radius 3 is 1.70 bits per heavy atom. The number of anilines is 3. The van der Waals surface area contributed by atoms with E-state index in [1.54, 1.807) is 0 Å². The van der Waals surface area contributed by atoms with E-state index < -0.39 is 0 Å². The van der Waals surface area contributed by atoms with Gasteiger partial charge in [0.2, 0.25) is 0 Å². The normalized spacial score (nSPS) is 12.8. The molecule has 0 bridgehead atoms. The van der Waals surface area contributed by atoms with Gasteiger partial charge in [-0.25, -0.2) is 0 Å². The number of hydrogen-bond donors (Lipinski definition) is 0. The van der Waals surface area contributed by atoms with E-state index in [1.807, 2.05) is 0 Å². The minimum absolute atomic E-state index is 0.111. The van der Waals surface area contributed by atoms with Crippen LogP contribution in [0, 0.1) is 0 Å². The lowest BCUT2D eigenvalue weighted by atomic mass is 9.82. The first-order chi connectivity index (χ1) is 25.9. The van der Waals surface area contributed by atoms with Crippen LogP contribution in [-0.4, -0.2) is 0 Å². The van der Waals surface area contributed by atoms with E-state index in [4.69, 9.17) is 0 Å². The van der Waals surface area contributed by atoms with E-state index in [0.717, 1.165) is 11.4 Å². The van der Waals surface area contributed by atoms with E-state index in [0.29, 0.717) is 5.92 Å². The molecule has 1 aliphatic rings. The van der Waals surface area contributed by atoms with Gasteiger partial charge in [-0.1, -0.05) is 179 Å². The molecule has 0 aliphatic heterocycles. The van der Waals surface area contributed by atoms with Gasteiger partial charge in [0.15, 0.2) is 0 Å². The van der Waals surface area contributed by atoms with Crippen molar-refractivity contribution in [3.63, 3.8) is 0 Å². The summed E-state index contributed by atoms with van der Waals surface area (Å²) in [5.74, 6) is 0.373. The second-order valence-electron chi connectivity index (χ2n) is 15.1. The van der Waals surface area contributed by atoms with Crippen LogP contribution in [0.2, 0.25) is 0 Å². The van der Waals surface area contributed by atoms with Gasteiger partial charge in [0, 0.05) is 22.4 Å². The minimum atomic E-state index is -0.111. The van der Waals surface area contributed by atoms with Crippen molar-refractivity contribution in [2.24, 2.45) is 0 Å². The molecule has 0 aromatic heterocycles. The molecule has 8 aromatic rings. The van der Waals surface area contributed by atoms with Crippen molar-refractivity contribution >= 4 is 27.8 Å². The molecule has 0 fully saturated rings. The summed E-state index contributed by atoms with van der Waals surface area (Å²) in [7, 11) is 0. The smallest absolute Gasteiger partial charge is 0.0546 e. The maximum absolute atomic E-state index is 2.49. The highest BCUT2D eigenvalue weighted by Crippen LogP contribution is 2.52. The van der Waals surface area contributed by atoms with Crippen LogP contribution < -0.4 is 4.90 Å². The van der Waals surface area contributed by atoms with Gasteiger partial charge in [-0.15, -0.1) is 0 Å². The average molecular weight is 682 g/mol. The number of rotatable bonds is 7. The molecule has 0 spiro atoms. The summed E-state index contributed by atoms with van der Waals surface area (Å²) in [5.41, 5.74) is 17.5. The zero-order valence-electron chi connectivity index (χ0n) is 30.8. The minimum Gasteiger partial charge on any atom is -0.310 e. The van der Waals surface area contributed by atoms with Gasteiger partial charge < -0.3 is 4.90 Å². The molecular weight excluding hydrogens is 639 g/mol. The summed E-state index contributed by atoms with van der Waals surface area (Å²) in [5, 5.41) is 2.50. The molecule has 1 heteroatoms. The third kappa shape index (κ3) is 5.65. The molecule has 0 unspecified atom stereocenters. The summed E-state index contributed by atoms with van der Waals surface area (Å²) >= 11 is 0. The standard InChI is InChI=1S/C52H43N/c1-35(2)43-17-10-11-20-47(43)51-44-18-9-8-16-40(44)28-33-50(51)53(42-31-32-46-45-19-12-13-21-48(45)52(3,4)49(46)34-42)41-29-26-39(27-30-41)38-24-22-37(23-25-38)36-14-6-5-7-15-36/h5-35H,1-4H3. The van der Waals surface area contributed by atoms with Crippen LogP contribution >= 0.6 is 0 Å². The third-order valence-electron chi connectivity index (χ3n) is 11.3. The van der Waals surface area contributed by atoms with Gasteiger partial charge in [0.25, 0.3) is 0 Å². The summed E-state index contributed by atoms with van der Waals surface area (Å²) in [6, 6.07) is 67.1. The fourth-order valence-corrected chi connectivity index (χ4v) is 8.50. The fraction of sp³-hybridized carbons (Fsp3) is 0.115. The number of nitrogens with zero attached hydrogens (tertiary/aromatic N) is 1.